The number of nitrogens with zero attached hydrogens (tertiary/aromatic N) is 2. The summed E-state index contributed by atoms with van der Waals surface area (Å²) in [6.45, 7) is 35.2. The Labute approximate surface area is 245 Å². The van der Waals surface area contributed by atoms with Crippen LogP contribution in [0, 0.1) is 5.41 Å². The first kappa shape index (κ1) is 32.5. The van der Waals surface area contributed by atoms with Gasteiger partial charge >= 0.3 is 0 Å². The standard InChI is InChI=1S/C36H58N2O2/c1-32(2,3)26-15-24(30(39)28(17-26)34(7,8)9)19-37-21-36(13,14)22-38(23-37)20-25-16-27(33(4,5)6)18-29(31(25)40)35(10,11)12/h15-18,39-40H,19-23H2,1-14H3. The van der Waals surface area contributed by atoms with Gasteiger partial charge in [0, 0.05) is 37.3 Å². The molecule has 40 heavy (non-hydrogen) atoms. The maximum absolute atomic E-state index is 11.5. The van der Waals surface area contributed by atoms with Crippen molar-refractivity contribution in [3.63, 3.8) is 0 Å². The lowest BCUT2D eigenvalue weighted by atomic mass is 9.78. The summed E-state index contributed by atoms with van der Waals surface area (Å²) in [5.74, 6) is 0.863. The van der Waals surface area contributed by atoms with Gasteiger partial charge in [-0.3, -0.25) is 9.80 Å². The van der Waals surface area contributed by atoms with Crippen LogP contribution in [0.5, 0.6) is 11.5 Å². The van der Waals surface area contributed by atoms with Crippen LogP contribution < -0.4 is 0 Å². The maximum atomic E-state index is 11.5. The average molecular weight is 551 g/mol. The Morgan fingerprint density at radius 2 is 0.900 bits per heavy atom. The van der Waals surface area contributed by atoms with Crippen molar-refractivity contribution in [2.24, 2.45) is 5.41 Å². The quantitative estimate of drug-likeness (QED) is 0.400. The fourth-order valence-electron chi connectivity index (χ4n) is 5.98. The molecule has 1 heterocycles. The van der Waals surface area contributed by atoms with Crippen molar-refractivity contribution >= 4 is 0 Å². The molecule has 1 saturated heterocycles. The molecular formula is C36H58N2O2. The number of rotatable bonds is 4. The lowest BCUT2D eigenvalue weighted by molar-refractivity contribution is -0.000939. The molecule has 2 N–H and O–H groups in total. The highest BCUT2D eigenvalue weighted by atomic mass is 16.3. The molecule has 0 saturated carbocycles. The van der Waals surface area contributed by atoms with Crippen LogP contribution in [-0.4, -0.2) is 39.8 Å². The van der Waals surface area contributed by atoms with E-state index in [2.05, 4.69) is 131 Å². The first-order valence-electron chi connectivity index (χ1n) is 15.1. The summed E-state index contributed by atoms with van der Waals surface area (Å²) in [6.07, 6.45) is 0. The van der Waals surface area contributed by atoms with Gasteiger partial charge in [-0.2, -0.15) is 0 Å². The minimum atomic E-state index is -0.145. The zero-order chi connectivity index (χ0) is 30.6. The Kier molecular flexibility index (Phi) is 8.65. The fraction of sp³-hybridized carbons (Fsp3) is 0.667. The number of hydrogen-bond donors (Lipinski definition) is 2. The highest BCUT2D eigenvalue weighted by molar-refractivity contribution is 5.50. The van der Waals surface area contributed by atoms with E-state index in [4.69, 9.17) is 0 Å². The zero-order valence-corrected chi connectivity index (χ0v) is 28.1. The van der Waals surface area contributed by atoms with Gasteiger partial charge in [0.25, 0.3) is 0 Å². The van der Waals surface area contributed by atoms with Gasteiger partial charge in [0.2, 0.25) is 0 Å². The predicted octanol–water partition coefficient (Wildman–Crippen LogP) is 8.59. The molecule has 0 unspecified atom stereocenters. The lowest BCUT2D eigenvalue weighted by Gasteiger charge is -2.45. The van der Waals surface area contributed by atoms with Gasteiger partial charge in [-0.1, -0.05) is 121 Å². The second-order valence-electron chi connectivity index (χ2n) is 17.3. The van der Waals surface area contributed by atoms with Gasteiger partial charge in [0.15, 0.2) is 0 Å². The van der Waals surface area contributed by atoms with Crippen LogP contribution in [0.1, 0.15) is 130 Å². The van der Waals surface area contributed by atoms with E-state index in [0.29, 0.717) is 24.6 Å². The molecule has 1 fully saturated rings. The van der Waals surface area contributed by atoms with E-state index in [1.54, 1.807) is 0 Å². The van der Waals surface area contributed by atoms with Crippen molar-refractivity contribution in [3.05, 3.63) is 57.6 Å². The third-order valence-corrected chi connectivity index (χ3v) is 8.22. The van der Waals surface area contributed by atoms with E-state index in [9.17, 15) is 10.2 Å². The largest absolute Gasteiger partial charge is 0.507 e. The molecule has 1 aliphatic rings. The van der Waals surface area contributed by atoms with Gasteiger partial charge in [0.1, 0.15) is 11.5 Å². The molecule has 4 heteroatoms. The normalized spacial score (nSPS) is 17.9. The van der Waals surface area contributed by atoms with E-state index in [1.165, 1.54) is 11.1 Å². The summed E-state index contributed by atoms with van der Waals surface area (Å²) in [7, 11) is 0. The maximum Gasteiger partial charge on any atom is 0.123 e. The number of phenolic OH excluding ortho intramolecular Hbond substituents is 2. The van der Waals surface area contributed by atoms with Crippen molar-refractivity contribution in [1.29, 1.82) is 0 Å². The molecule has 0 amide bonds. The Morgan fingerprint density at radius 3 is 1.18 bits per heavy atom. The summed E-state index contributed by atoms with van der Waals surface area (Å²) < 4.78 is 0. The number of phenols is 2. The third kappa shape index (κ3) is 7.62. The summed E-state index contributed by atoms with van der Waals surface area (Å²) in [4.78, 5) is 4.93. The Morgan fingerprint density at radius 1 is 0.575 bits per heavy atom. The summed E-state index contributed by atoms with van der Waals surface area (Å²) in [5.41, 5.74) is 6.34. The second kappa shape index (κ2) is 10.7. The van der Waals surface area contributed by atoms with Crippen LogP contribution >= 0.6 is 0 Å². The number of hydrogen-bond acceptors (Lipinski definition) is 4. The Hall–Kier alpha value is -2.04. The van der Waals surface area contributed by atoms with Crippen molar-refractivity contribution in [2.45, 2.75) is 132 Å². The predicted molar refractivity (Wildman–Crippen MR) is 170 cm³/mol. The Balaban J connectivity index is 1.99. The molecule has 4 nitrogen and oxygen atoms in total. The molecule has 1 aliphatic heterocycles. The summed E-state index contributed by atoms with van der Waals surface area (Å²) in [5, 5.41) is 22.9. The van der Waals surface area contributed by atoms with Gasteiger partial charge < -0.3 is 10.2 Å². The molecule has 2 aromatic carbocycles. The molecule has 0 aliphatic carbocycles. The van der Waals surface area contributed by atoms with E-state index in [1.807, 2.05) is 0 Å². The first-order valence-corrected chi connectivity index (χ1v) is 15.1. The molecule has 0 spiro atoms. The van der Waals surface area contributed by atoms with E-state index >= 15 is 0 Å². The second-order valence-corrected chi connectivity index (χ2v) is 17.3. The molecule has 0 bridgehead atoms. The number of benzene rings is 2. The molecule has 224 valence electrons. The molecule has 0 atom stereocenters. The van der Waals surface area contributed by atoms with Crippen molar-refractivity contribution in [2.75, 3.05) is 19.8 Å². The molecular weight excluding hydrogens is 492 g/mol. The minimum Gasteiger partial charge on any atom is -0.507 e. The van der Waals surface area contributed by atoms with Gasteiger partial charge in [-0.15, -0.1) is 0 Å². The monoisotopic (exact) mass is 550 g/mol. The third-order valence-electron chi connectivity index (χ3n) is 8.22. The molecule has 3 rings (SSSR count). The highest BCUT2D eigenvalue weighted by Crippen LogP contribution is 2.41. The fourth-order valence-corrected chi connectivity index (χ4v) is 5.98. The zero-order valence-electron chi connectivity index (χ0n) is 28.1. The van der Waals surface area contributed by atoms with Crippen LogP contribution in [0.2, 0.25) is 0 Å². The van der Waals surface area contributed by atoms with E-state index in [0.717, 1.165) is 42.0 Å². The van der Waals surface area contributed by atoms with Gasteiger partial charge in [-0.05, 0) is 49.3 Å². The molecule has 0 aromatic heterocycles. The van der Waals surface area contributed by atoms with E-state index in [-0.39, 0.29) is 27.1 Å². The van der Waals surface area contributed by atoms with Crippen molar-refractivity contribution < 1.29 is 10.2 Å². The minimum absolute atomic E-state index is 0.00395. The average Bonchev–Trinajstić information content (AvgIpc) is 2.72. The molecule has 0 radical (unpaired) electrons. The van der Waals surface area contributed by atoms with Crippen molar-refractivity contribution in [1.82, 2.24) is 9.80 Å². The summed E-state index contributed by atoms with van der Waals surface area (Å²) in [6, 6.07) is 8.82. The number of aromatic hydroxyl groups is 2. The van der Waals surface area contributed by atoms with Crippen LogP contribution in [0.3, 0.4) is 0 Å². The summed E-state index contributed by atoms with van der Waals surface area (Å²) >= 11 is 0. The van der Waals surface area contributed by atoms with Crippen LogP contribution in [0.15, 0.2) is 24.3 Å². The SMILES string of the molecule is CC1(C)CN(Cc2cc(C(C)(C)C)cc(C(C)(C)C)c2O)CN(Cc2cc(C(C)(C)C)cc(C(C)(C)C)c2O)C1. The van der Waals surface area contributed by atoms with Crippen LogP contribution in [0.4, 0.5) is 0 Å². The van der Waals surface area contributed by atoms with Gasteiger partial charge in [0.05, 0.1) is 6.67 Å². The lowest BCUT2D eigenvalue weighted by Crippen LogP contribution is -2.52. The van der Waals surface area contributed by atoms with Gasteiger partial charge in [-0.25, -0.2) is 0 Å². The smallest absolute Gasteiger partial charge is 0.123 e. The van der Waals surface area contributed by atoms with Crippen LogP contribution in [-0.2, 0) is 34.7 Å². The topological polar surface area (TPSA) is 46.9 Å². The highest BCUT2D eigenvalue weighted by Gasteiger charge is 2.34. The molecule has 2 aromatic rings. The Bertz CT molecular complexity index is 1120. The van der Waals surface area contributed by atoms with E-state index < -0.39 is 0 Å². The first-order chi connectivity index (χ1) is 17.9. The van der Waals surface area contributed by atoms with Crippen molar-refractivity contribution in [3.8, 4) is 11.5 Å². The van der Waals surface area contributed by atoms with Crippen LogP contribution in [0.25, 0.3) is 0 Å².